The average molecular weight is 397 g/mol. The Balaban J connectivity index is 1.58. The van der Waals surface area contributed by atoms with Crippen LogP contribution in [0.15, 0.2) is 29.6 Å². The van der Waals surface area contributed by atoms with Gasteiger partial charge in [0.05, 0.1) is 17.7 Å². The van der Waals surface area contributed by atoms with Crippen LogP contribution in [0.5, 0.6) is 0 Å². The minimum Gasteiger partial charge on any atom is -0.341 e. The van der Waals surface area contributed by atoms with E-state index in [0.717, 1.165) is 18.6 Å². The monoisotopic (exact) mass is 397 g/mol. The van der Waals surface area contributed by atoms with Crippen molar-refractivity contribution in [3.05, 3.63) is 46.5 Å². The first-order valence-corrected chi connectivity index (χ1v) is 9.27. The van der Waals surface area contributed by atoms with Gasteiger partial charge in [0, 0.05) is 31.9 Å². The second-order valence-electron chi connectivity index (χ2n) is 6.39. The number of alkyl halides is 3. The fourth-order valence-electron chi connectivity index (χ4n) is 2.80. The molecule has 9 heteroatoms. The number of anilines is 1. The molecular weight excluding hydrogens is 379 g/mol. The Labute approximate surface area is 158 Å². The summed E-state index contributed by atoms with van der Waals surface area (Å²) in [4.78, 5) is 31.6. The van der Waals surface area contributed by atoms with Crippen molar-refractivity contribution in [1.82, 2.24) is 9.88 Å². The second-order valence-corrected chi connectivity index (χ2v) is 7.23. The number of amides is 2. The quantitative estimate of drug-likeness (QED) is 0.776. The lowest BCUT2D eigenvalue weighted by Crippen LogP contribution is -2.28. The highest BCUT2D eigenvalue weighted by atomic mass is 32.1. The molecule has 1 aromatic heterocycles. The number of carbonyl (C=O) groups is 2. The van der Waals surface area contributed by atoms with Gasteiger partial charge in [-0.3, -0.25) is 14.5 Å². The highest BCUT2D eigenvalue weighted by Crippen LogP contribution is 2.29. The van der Waals surface area contributed by atoms with Gasteiger partial charge < -0.3 is 4.90 Å². The summed E-state index contributed by atoms with van der Waals surface area (Å²) >= 11 is 1.33. The standard InChI is InChI=1S/C18H18F3N3O2S/c1-23(10-12-4-6-13(7-5-12)18(19,20)21)16(26)9-14-11-27-17(22-14)24-8-2-3-15(24)25/h4-7,11H,2-3,8-10H2,1H3. The molecule has 1 aromatic carbocycles. The Kier molecular flexibility index (Phi) is 5.50. The first kappa shape index (κ1) is 19.3. The van der Waals surface area contributed by atoms with Crippen molar-refractivity contribution in [1.29, 1.82) is 0 Å². The van der Waals surface area contributed by atoms with E-state index in [-0.39, 0.29) is 24.8 Å². The van der Waals surface area contributed by atoms with Crippen molar-refractivity contribution in [3.63, 3.8) is 0 Å². The van der Waals surface area contributed by atoms with Gasteiger partial charge in [-0.2, -0.15) is 13.2 Å². The van der Waals surface area contributed by atoms with Crippen molar-refractivity contribution < 1.29 is 22.8 Å². The molecule has 1 aliphatic heterocycles. The number of hydrogen-bond acceptors (Lipinski definition) is 4. The minimum atomic E-state index is -4.38. The number of benzene rings is 1. The van der Waals surface area contributed by atoms with Crippen molar-refractivity contribution >= 4 is 28.3 Å². The molecule has 0 atom stereocenters. The summed E-state index contributed by atoms with van der Waals surface area (Å²) in [7, 11) is 1.59. The Bertz CT molecular complexity index is 833. The molecule has 3 rings (SSSR count). The molecule has 0 N–H and O–H groups in total. The van der Waals surface area contributed by atoms with Crippen molar-refractivity contribution in [3.8, 4) is 0 Å². The van der Waals surface area contributed by atoms with E-state index < -0.39 is 11.7 Å². The number of halogens is 3. The molecule has 0 aliphatic carbocycles. The molecule has 5 nitrogen and oxygen atoms in total. The van der Waals surface area contributed by atoms with E-state index in [4.69, 9.17) is 0 Å². The largest absolute Gasteiger partial charge is 0.416 e. The number of thiazole rings is 1. The molecule has 0 radical (unpaired) electrons. The highest BCUT2D eigenvalue weighted by Gasteiger charge is 2.30. The Hall–Kier alpha value is -2.42. The van der Waals surface area contributed by atoms with Crippen LogP contribution in [0.25, 0.3) is 0 Å². The van der Waals surface area contributed by atoms with Crippen molar-refractivity contribution in [2.24, 2.45) is 0 Å². The second kappa shape index (κ2) is 7.67. The number of nitrogens with zero attached hydrogens (tertiary/aromatic N) is 3. The minimum absolute atomic E-state index is 0.0432. The average Bonchev–Trinajstić information content (AvgIpc) is 3.23. The first-order valence-electron chi connectivity index (χ1n) is 8.39. The molecule has 1 aliphatic rings. The van der Waals surface area contributed by atoms with Crippen LogP contribution in [0.1, 0.15) is 29.7 Å². The van der Waals surface area contributed by atoms with Crippen LogP contribution in [0, 0.1) is 0 Å². The third-order valence-electron chi connectivity index (χ3n) is 4.30. The van der Waals surface area contributed by atoms with Crippen LogP contribution in [-0.2, 0) is 28.7 Å². The number of carbonyl (C=O) groups excluding carboxylic acids is 2. The van der Waals surface area contributed by atoms with Gasteiger partial charge in [-0.05, 0) is 24.1 Å². The van der Waals surface area contributed by atoms with E-state index in [9.17, 15) is 22.8 Å². The molecule has 27 heavy (non-hydrogen) atoms. The molecular formula is C18H18F3N3O2S. The maximum atomic E-state index is 12.6. The first-order chi connectivity index (χ1) is 12.7. The number of aromatic nitrogens is 1. The van der Waals surface area contributed by atoms with E-state index in [1.165, 1.54) is 28.4 Å². The van der Waals surface area contributed by atoms with Gasteiger partial charge in [0.2, 0.25) is 11.8 Å². The fourth-order valence-corrected chi connectivity index (χ4v) is 3.67. The topological polar surface area (TPSA) is 53.5 Å². The van der Waals surface area contributed by atoms with Crippen LogP contribution in [-0.4, -0.2) is 35.3 Å². The number of rotatable bonds is 5. The lowest BCUT2D eigenvalue weighted by atomic mass is 10.1. The Morgan fingerprint density at radius 1 is 1.30 bits per heavy atom. The SMILES string of the molecule is CN(Cc1ccc(C(F)(F)F)cc1)C(=O)Cc1csc(N2CCCC2=O)n1. The fraction of sp³-hybridized carbons (Fsp3) is 0.389. The van der Waals surface area contributed by atoms with E-state index in [2.05, 4.69) is 4.98 Å². The summed E-state index contributed by atoms with van der Waals surface area (Å²) in [5, 5.41) is 2.36. The summed E-state index contributed by atoms with van der Waals surface area (Å²) < 4.78 is 37.8. The molecule has 144 valence electrons. The number of likely N-dealkylation sites (N-methyl/N-ethyl adjacent to an activating group) is 1. The molecule has 1 fully saturated rings. The van der Waals surface area contributed by atoms with Crippen LogP contribution in [0.3, 0.4) is 0 Å². The van der Waals surface area contributed by atoms with E-state index in [1.807, 2.05) is 0 Å². The van der Waals surface area contributed by atoms with Gasteiger partial charge in [-0.1, -0.05) is 12.1 Å². The molecule has 0 spiro atoms. The number of hydrogen-bond donors (Lipinski definition) is 0. The Morgan fingerprint density at radius 2 is 2.00 bits per heavy atom. The zero-order chi connectivity index (χ0) is 19.6. The zero-order valence-corrected chi connectivity index (χ0v) is 15.4. The maximum Gasteiger partial charge on any atom is 0.416 e. The molecule has 1 saturated heterocycles. The van der Waals surface area contributed by atoms with Crippen LogP contribution >= 0.6 is 11.3 Å². The summed E-state index contributed by atoms with van der Waals surface area (Å²) in [5.74, 6) is -0.152. The summed E-state index contributed by atoms with van der Waals surface area (Å²) in [6.07, 6.45) is -2.97. The van der Waals surface area contributed by atoms with E-state index in [1.54, 1.807) is 17.3 Å². The lowest BCUT2D eigenvalue weighted by Gasteiger charge is -2.17. The lowest BCUT2D eigenvalue weighted by molar-refractivity contribution is -0.137. The Morgan fingerprint density at radius 3 is 2.59 bits per heavy atom. The van der Waals surface area contributed by atoms with E-state index >= 15 is 0 Å². The molecule has 2 aromatic rings. The summed E-state index contributed by atoms with van der Waals surface area (Å²) in [6.45, 7) is 0.853. The van der Waals surface area contributed by atoms with Gasteiger partial charge >= 0.3 is 6.18 Å². The molecule has 2 amide bonds. The summed E-state index contributed by atoms with van der Waals surface area (Å²) in [6, 6.07) is 4.75. The molecule has 0 bridgehead atoms. The van der Waals surface area contributed by atoms with Crippen LogP contribution in [0.2, 0.25) is 0 Å². The van der Waals surface area contributed by atoms with Gasteiger partial charge in [0.25, 0.3) is 0 Å². The third-order valence-corrected chi connectivity index (χ3v) is 5.22. The van der Waals surface area contributed by atoms with E-state index in [0.29, 0.717) is 29.4 Å². The predicted octanol–water partition coefficient (Wildman–Crippen LogP) is 3.49. The predicted molar refractivity (Wildman–Crippen MR) is 95.3 cm³/mol. The highest BCUT2D eigenvalue weighted by molar-refractivity contribution is 7.14. The van der Waals surface area contributed by atoms with Crippen LogP contribution in [0.4, 0.5) is 18.3 Å². The summed E-state index contributed by atoms with van der Waals surface area (Å²) in [5.41, 5.74) is 0.478. The van der Waals surface area contributed by atoms with Crippen LogP contribution < -0.4 is 4.90 Å². The van der Waals surface area contributed by atoms with Crippen molar-refractivity contribution in [2.75, 3.05) is 18.5 Å². The molecule has 0 saturated carbocycles. The van der Waals surface area contributed by atoms with Gasteiger partial charge in [0.15, 0.2) is 5.13 Å². The molecule has 0 unspecified atom stereocenters. The normalized spacial score (nSPS) is 14.7. The zero-order valence-electron chi connectivity index (χ0n) is 14.6. The smallest absolute Gasteiger partial charge is 0.341 e. The third kappa shape index (κ3) is 4.65. The van der Waals surface area contributed by atoms with Gasteiger partial charge in [-0.25, -0.2) is 4.98 Å². The van der Waals surface area contributed by atoms with Crippen molar-refractivity contribution in [2.45, 2.75) is 32.0 Å². The maximum absolute atomic E-state index is 12.6. The molecule has 2 heterocycles. The van der Waals surface area contributed by atoms with Gasteiger partial charge in [0.1, 0.15) is 0 Å². The van der Waals surface area contributed by atoms with Gasteiger partial charge in [-0.15, -0.1) is 11.3 Å².